The molecule has 2 aromatic heterocycles. The Morgan fingerprint density at radius 3 is 2.72 bits per heavy atom. The van der Waals surface area contributed by atoms with Crippen molar-refractivity contribution in [2.75, 3.05) is 20.3 Å². The average Bonchev–Trinajstić information content (AvgIpc) is 3.09. The fourth-order valence-corrected chi connectivity index (χ4v) is 4.12. The van der Waals surface area contributed by atoms with Crippen molar-refractivity contribution in [3.05, 3.63) is 53.1 Å². The Labute approximate surface area is 155 Å². The number of thiocarbonyl (C=S) groups is 1. The van der Waals surface area contributed by atoms with E-state index in [1.807, 2.05) is 18.3 Å². The van der Waals surface area contributed by atoms with Crippen LogP contribution in [0.3, 0.4) is 0 Å². The zero-order valence-corrected chi connectivity index (χ0v) is 16.1. The molecule has 1 aliphatic heterocycles. The SMILES string of the molecule is CCn1c(C)cc([C@H]2[C@@H](c3ccccn3)NC(=S)N2CCOC)c1C. The molecule has 0 amide bonds. The van der Waals surface area contributed by atoms with E-state index >= 15 is 0 Å². The van der Waals surface area contributed by atoms with Gasteiger partial charge in [0.15, 0.2) is 5.11 Å². The first-order valence-corrected chi connectivity index (χ1v) is 9.13. The van der Waals surface area contributed by atoms with Gasteiger partial charge >= 0.3 is 0 Å². The van der Waals surface area contributed by atoms with Gasteiger partial charge in [-0.05, 0) is 56.8 Å². The van der Waals surface area contributed by atoms with Crippen LogP contribution in [0.5, 0.6) is 0 Å². The molecule has 134 valence electrons. The summed E-state index contributed by atoms with van der Waals surface area (Å²) in [6.45, 7) is 8.90. The van der Waals surface area contributed by atoms with Gasteiger partial charge in [-0.25, -0.2) is 0 Å². The van der Waals surface area contributed by atoms with Crippen molar-refractivity contribution >= 4 is 17.3 Å². The van der Waals surface area contributed by atoms with Crippen LogP contribution < -0.4 is 5.32 Å². The number of hydrogen-bond donors (Lipinski definition) is 1. The number of nitrogens with zero attached hydrogens (tertiary/aromatic N) is 3. The maximum absolute atomic E-state index is 5.64. The first-order chi connectivity index (χ1) is 12.1. The summed E-state index contributed by atoms with van der Waals surface area (Å²) in [6, 6.07) is 8.47. The van der Waals surface area contributed by atoms with Gasteiger partial charge in [0.2, 0.25) is 0 Å². The van der Waals surface area contributed by atoms with Crippen LogP contribution in [-0.4, -0.2) is 39.8 Å². The topological polar surface area (TPSA) is 42.3 Å². The molecule has 1 saturated heterocycles. The number of pyridine rings is 1. The third-order valence-electron chi connectivity index (χ3n) is 4.98. The monoisotopic (exact) mass is 358 g/mol. The number of rotatable bonds is 6. The van der Waals surface area contributed by atoms with E-state index in [2.05, 4.69) is 52.7 Å². The Morgan fingerprint density at radius 1 is 1.32 bits per heavy atom. The Bertz CT molecular complexity index is 743. The Balaban J connectivity index is 2.06. The van der Waals surface area contributed by atoms with Crippen LogP contribution in [0.4, 0.5) is 0 Å². The third-order valence-corrected chi connectivity index (χ3v) is 5.33. The van der Waals surface area contributed by atoms with Gasteiger partial charge in [0.25, 0.3) is 0 Å². The van der Waals surface area contributed by atoms with Crippen LogP contribution in [0.25, 0.3) is 0 Å². The molecule has 0 aromatic carbocycles. The van der Waals surface area contributed by atoms with E-state index in [0.29, 0.717) is 6.61 Å². The molecule has 1 N–H and O–H groups in total. The molecule has 3 rings (SSSR count). The summed E-state index contributed by atoms with van der Waals surface area (Å²) in [6.07, 6.45) is 1.84. The minimum absolute atomic E-state index is 0.0383. The largest absolute Gasteiger partial charge is 0.383 e. The van der Waals surface area contributed by atoms with Crippen molar-refractivity contribution in [3.8, 4) is 0 Å². The first-order valence-electron chi connectivity index (χ1n) is 8.72. The second kappa shape index (κ2) is 7.54. The first kappa shape index (κ1) is 17.9. The molecule has 1 fully saturated rings. The lowest BCUT2D eigenvalue weighted by atomic mass is 9.97. The van der Waals surface area contributed by atoms with Gasteiger partial charge in [-0.3, -0.25) is 4.98 Å². The van der Waals surface area contributed by atoms with Crippen LogP contribution in [0.1, 0.15) is 41.7 Å². The summed E-state index contributed by atoms with van der Waals surface area (Å²) in [5.74, 6) is 0. The number of aromatic nitrogens is 2. The minimum atomic E-state index is 0.0383. The summed E-state index contributed by atoms with van der Waals surface area (Å²) in [4.78, 5) is 6.81. The molecule has 0 unspecified atom stereocenters. The van der Waals surface area contributed by atoms with Gasteiger partial charge in [-0.15, -0.1) is 0 Å². The normalized spacial score (nSPS) is 20.2. The Hall–Kier alpha value is -1.92. The smallest absolute Gasteiger partial charge is 0.170 e. The second-order valence-electron chi connectivity index (χ2n) is 6.38. The van der Waals surface area contributed by atoms with E-state index in [0.717, 1.165) is 23.9 Å². The van der Waals surface area contributed by atoms with Crippen molar-refractivity contribution in [2.24, 2.45) is 0 Å². The van der Waals surface area contributed by atoms with E-state index in [9.17, 15) is 0 Å². The minimum Gasteiger partial charge on any atom is -0.383 e. The van der Waals surface area contributed by atoms with Crippen molar-refractivity contribution in [1.29, 1.82) is 0 Å². The molecule has 3 heterocycles. The maximum Gasteiger partial charge on any atom is 0.170 e. The molecule has 0 radical (unpaired) electrons. The molecule has 0 bridgehead atoms. The third kappa shape index (κ3) is 3.28. The van der Waals surface area contributed by atoms with Crippen molar-refractivity contribution in [1.82, 2.24) is 19.8 Å². The molecule has 0 saturated carbocycles. The van der Waals surface area contributed by atoms with Gasteiger partial charge in [-0.1, -0.05) is 6.07 Å². The van der Waals surface area contributed by atoms with Gasteiger partial charge in [0.05, 0.1) is 24.4 Å². The summed E-state index contributed by atoms with van der Waals surface area (Å²) in [7, 11) is 1.72. The fraction of sp³-hybridized carbons (Fsp3) is 0.474. The van der Waals surface area contributed by atoms with Crippen LogP contribution in [0, 0.1) is 13.8 Å². The molecule has 0 spiro atoms. The zero-order chi connectivity index (χ0) is 18.0. The second-order valence-corrected chi connectivity index (χ2v) is 6.77. The highest BCUT2D eigenvalue weighted by molar-refractivity contribution is 7.80. The van der Waals surface area contributed by atoms with Crippen molar-refractivity contribution in [2.45, 2.75) is 39.4 Å². The van der Waals surface area contributed by atoms with Crippen molar-refractivity contribution < 1.29 is 4.74 Å². The van der Waals surface area contributed by atoms with E-state index in [1.165, 1.54) is 17.0 Å². The van der Waals surface area contributed by atoms with Crippen LogP contribution in [0.15, 0.2) is 30.5 Å². The van der Waals surface area contributed by atoms with Gasteiger partial charge in [0.1, 0.15) is 0 Å². The van der Waals surface area contributed by atoms with Crippen LogP contribution >= 0.6 is 12.2 Å². The molecule has 2 atom stereocenters. The molecular weight excluding hydrogens is 332 g/mol. The number of aryl methyl sites for hydroxylation is 1. The number of methoxy groups -OCH3 is 1. The lowest BCUT2D eigenvalue weighted by Crippen LogP contribution is -2.32. The fourth-order valence-electron chi connectivity index (χ4n) is 3.79. The maximum atomic E-state index is 5.64. The summed E-state index contributed by atoms with van der Waals surface area (Å²) in [5.41, 5.74) is 4.88. The highest BCUT2D eigenvalue weighted by atomic mass is 32.1. The standard InChI is InChI=1S/C19H26N4OS/c1-5-22-13(2)12-15(14(22)3)18-17(16-8-6-7-9-20-16)21-19(25)23(18)10-11-24-4/h6-9,12,17-18H,5,10-11H2,1-4H3,(H,21,25)/t17-,18+/m1/s1. The Morgan fingerprint density at radius 2 is 2.12 bits per heavy atom. The van der Waals surface area contributed by atoms with Gasteiger partial charge in [0, 0.05) is 37.8 Å². The van der Waals surface area contributed by atoms with E-state index < -0.39 is 0 Å². The lowest BCUT2D eigenvalue weighted by Gasteiger charge is -2.28. The molecule has 2 aromatic rings. The van der Waals surface area contributed by atoms with E-state index in [-0.39, 0.29) is 12.1 Å². The lowest BCUT2D eigenvalue weighted by molar-refractivity contribution is 0.164. The number of ether oxygens (including phenoxy) is 1. The molecular formula is C19H26N4OS. The molecule has 1 aliphatic rings. The summed E-state index contributed by atoms with van der Waals surface area (Å²) < 4.78 is 7.66. The molecule has 0 aliphatic carbocycles. The molecule has 25 heavy (non-hydrogen) atoms. The van der Waals surface area contributed by atoms with Crippen molar-refractivity contribution in [3.63, 3.8) is 0 Å². The quantitative estimate of drug-likeness (QED) is 0.804. The zero-order valence-electron chi connectivity index (χ0n) is 15.3. The predicted molar refractivity (Wildman–Crippen MR) is 104 cm³/mol. The van der Waals surface area contributed by atoms with Crippen LogP contribution in [0.2, 0.25) is 0 Å². The average molecular weight is 359 g/mol. The molecule has 6 heteroatoms. The molecule has 5 nitrogen and oxygen atoms in total. The summed E-state index contributed by atoms with van der Waals surface area (Å²) in [5, 5.41) is 4.24. The van der Waals surface area contributed by atoms with Crippen LogP contribution in [-0.2, 0) is 11.3 Å². The van der Waals surface area contributed by atoms with Gasteiger partial charge < -0.3 is 19.5 Å². The van der Waals surface area contributed by atoms with Gasteiger partial charge in [-0.2, -0.15) is 0 Å². The predicted octanol–water partition coefficient (Wildman–Crippen LogP) is 3.14. The van der Waals surface area contributed by atoms with E-state index in [4.69, 9.17) is 17.0 Å². The highest BCUT2D eigenvalue weighted by Crippen LogP contribution is 2.40. The summed E-state index contributed by atoms with van der Waals surface area (Å²) >= 11 is 5.64. The number of nitrogens with one attached hydrogen (secondary N) is 1. The highest BCUT2D eigenvalue weighted by Gasteiger charge is 2.40. The number of hydrogen-bond acceptors (Lipinski definition) is 3. The Kier molecular flexibility index (Phi) is 5.39. The van der Waals surface area contributed by atoms with E-state index in [1.54, 1.807) is 7.11 Å².